The Kier molecular flexibility index (Phi) is 2.99. The second-order valence-electron chi connectivity index (χ2n) is 5.26. The van der Waals surface area contributed by atoms with Crippen LogP contribution >= 0.6 is 11.3 Å². The molecule has 6 heteroatoms. The Bertz CT molecular complexity index is 594. The Morgan fingerprint density at radius 2 is 2.47 bits per heavy atom. The van der Waals surface area contributed by atoms with Crippen molar-refractivity contribution in [2.24, 2.45) is 5.41 Å². The average Bonchev–Trinajstić information content (AvgIpc) is 2.93. The second-order valence-corrected chi connectivity index (χ2v) is 6.32. The first-order valence-electron chi connectivity index (χ1n) is 6.23. The summed E-state index contributed by atoms with van der Waals surface area (Å²) >= 11 is 1.58. The molecule has 1 aliphatic heterocycles. The molecule has 19 heavy (non-hydrogen) atoms. The Morgan fingerprint density at radius 3 is 3.16 bits per heavy atom. The summed E-state index contributed by atoms with van der Waals surface area (Å²) < 4.78 is 0. The van der Waals surface area contributed by atoms with E-state index in [9.17, 15) is 9.90 Å². The van der Waals surface area contributed by atoms with Crippen LogP contribution in [0.5, 0.6) is 0 Å². The van der Waals surface area contributed by atoms with E-state index in [1.54, 1.807) is 17.5 Å². The van der Waals surface area contributed by atoms with E-state index in [1.807, 2.05) is 19.1 Å². The van der Waals surface area contributed by atoms with Crippen molar-refractivity contribution >= 4 is 27.7 Å². The quantitative estimate of drug-likeness (QED) is 0.929. The molecule has 1 saturated heterocycles. The molecule has 0 aromatic carbocycles. The molecular formula is C13H15N3O2S. The zero-order valence-corrected chi connectivity index (χ0v) is 11.5. The largest absolute Gasteiger partial charge is 0.481 e. The van der Waals surface area contributed by atoms with E-state index in [4.69, 9.17) is 0 Å². The number of hydrogen-bond acceptors (Lipinski definition) is 5. The fraction of sp³-hybridized carbons (Fsp3) is 0.462. The third kappa shape index (κ3) is 2.33. The van der Waals surface area contributed by atoms with Crippen molar-refractivity contribution in [1.29, 1.82) is 0 Å². The van der Waals surface area contributed by atoms with Crippen molar-refractivity contribution < 1.29 is 9.90 Å². The van der Waals surface area contributed by atoms with Gasteiger partial charge in [0.05, 0.1) is 12.0 Å². The second kappa shape index (κ2) is 4.54. The smallest absolute Gasteiger partial charge is 0.310 e. The normalized spacial score (nSPS) is 24.1. The highest BCUT2D eigenvalue weighted by atomic mass is 32.1. The van der Waals surface area contributed by atoms with Gasteiger partial charge in [-0.15, -0.1) is 0 Å². The lowest BCUT2D eigenvalue weighted by Crippen LogP contribution is -2.31. The molecule has 1 fully saturated rings. The maximum atomic E-state index is 11.2. The first-order chi connectivity index (χ1) is 9.07. The van der Waals surface area contributed by atoms with Crippen molar-refractivity contribution in [3.63, 3.8) is 0 Å². The molecule has 1 atom stereocenters. The van der Waals surface area contributed by atoms with E-state index < -0.39 is 11.4 Å². The number of carbonyl (C=O) groups is 1. The Morgan fingerprint density at radius 1 is 1.63 bits per heavy atom. The molecule has 100 valence electrons. The molecule has 1 unspecified atom stereocenters. The summed E-state index contributed by atoms with van der Waals surface area (Å²) in [5.41, 5.74) is 0.303. The van der Waals surface area contributed by atoms with Gasteiger partial charge in [0.15, 0.2) is 0 Å². The molecule has 0 aliphatic carbocycles. The molecule has 2 aromatic rings. The minimum Gasteiger partial charge on any atom is -0.481 e. The van der Waals surface area contributed by atoms with Gasteiger partial charge in [-0.3, -0.25) is 9.69 Å². The van der Waals surface area contributed by atoms with Crippen molar-refractivity contribution in [1.82, 2.24) is 14.9 Å². The van der Waals surface area contributed by atoms with Crippen molar-refractivity contribution in [2.45, 2.75) is 19.9 Å². The summed E-state index contributed by atoms with van der Waals surface area (Å²) in [6.45, 7) is 3.93. The number of aromatic nitrogens is 2. The SMILES string of the molecule is CC1(C(=O)O)CCN(Cc2nc3cccnc3s2)C1. The third-order valence-corrected chi connectivity index (χ3v) is 4.60. The predicted molar refractivity (Wildman–Crippen MR) is 73.1 cm³/mol. The summed E-state index contributed by atoms with van der Waals surface area (Å²) in [6.07, 6.45) is 2.47. The van der Waals surface area contributed by atoms with Gasteiger partial charge in [-0.25, -0.2) is 9.97 Å². The van der Waals surface area contributed by atoms with E-state index in [-0.39, 0.29) is 0 Å². The lowest BCUT2D eigenvalue weighted by molar-refractivity contribution is -0.147. The van der Waals surface area contributed by atoms with Crippen molar-refractivity contribution in [2.75, 3.05) is 13.1 Å². The Hall–Kier alpha value is -1.53. The molecule has 0 amide bonds. The van der Waals surface area contributed by atoms with Gasteiger partial charge >= 0.3 is 5.97 Å². The number of likely N-dealkylation sites (tertiary alicyclic amines) is 1. The number of fused-ring (bicyclic) bond motifs is 1. The van der Waals surface area contributed by atoms with Gasteiger partial charge in [0.2, 0.25) is 0 Å². The number of carboxylic acids is 1. The van der Waals surface area contributed by atoms with Crippen LogP contribution in [-0.2, 0) is 11.3 Å². The van der Waals surface area contributed by atoms with Gasteiger partial charge in [-0.2, -0.15) is 0 Å². The van der Waals surface area contributed by atoms with E-state index >= 15 is 0 Å². The zero-order chi connectivity index (χ0) is 13.5. The van der Waals surface area contributed by atoms with Gasteiger partial charge in [-0.05, 0) is 32.0 Å². The van der Waals surface area contributed by atoms with E-state index in [0.717, 1.165) is 21.9 Å². The summed E-state index contributed by atoms with van der Waals surface area (Å²) in [4.78, 5) is 23.1. The monoisotopic (exact) mass is 277 g/mol. The topological polar surface area (TPSA) is 66.3 Å². The molecule has 3 rings (SSSR count). The minimum atomic E-state index is -0.707. The standard InChI is InChI=1S/C13H15N3O2S/c1-13(12(17)18)4-6-16(8-13)7-10-15-9-3-2-5-14-11(9)19-10/h2-3,5H,4,6-8H2,1H3,(H,17,18). The Balaban J connectivity index is 1.74. The van der Waals surface area contributed by atoms with Crippen LogP contribution in [0.3, 0.4) is 0 Å². The third-order valence-electron chi connectivity index (χ3n) is 3.64. The first-order valence-corrected chi connectivity index (χ1v) is 7.05. The van der Waals surface area contributed by atoms with Gasteiger partial charge in [0, 0.05) is 12.7 Å². The highest BCUT2D eigenvalue weighted by Gasteiger charge is 2.40. The van der Waals surface area contributed by atoms with Crippen molar-refractivity contribution in [3.05, 3.63) is 23.3 Å². The predicted octanol–water partition coefficient (Wildman–Crippen LogP) is 1.99. The number of rotatable bonds is 3. The fourth-order valence-corrected chi connectivity index (χ4v) is 3.39. The van der Waals surface area contributed by atoms with Crippen molar-refractivity contribution in [3.8, 4) is 0 Å². The number of thiazole rings is 1. The van der Waals surface area contributed by atoms with E-state index in [2.05, 4.69) is 14.9 Å². The molecule has 0 saturated carbocycles. The molecule has 1 N–H and O–H groups in total. The highest BCUT2D eigenvalue weighted by molar-refractivity contribution is 7.18. The number of carboxylic acid groups (broad SMARTS) is 1. The van der Waals surface area contributed by atoms with Crippen LogP contribution in [0.4, 0.5) is 0 Å². The molecule has 0 bridgehead atoms. The van der Waals surface area contributed by atoms with Gasteiger partial charge in [0.25, 0.3) is 0 Å². The molecule has 0 spiro atoms. The lowest BCUT2D eigenvalue weighted by atomic mass is 9.90. The van der Waals surface area contributed by atoms with Crippen LogP contribution in [-0.4, -0.2) is 39.0 Å². The maximum absolute atomic E-state index is 11.2. The number of nitrogens with zero attached hydrogens (tertiary/aromatic N) is 3. The van der Waals surface area contributed by atoms with Crippen LogP contribution in [0.25, 0.3) is 10.3 Å². The molecular weight excluding hydrogens is 262 g/mol. The average molecular weight is 277 g/mol. The zero-order valence-electron chi connectivity index (χ0n) is 10.7. The fourth-order valence-electron chi connectivity index (χ4n) is 2.44. The number of pyridine rings is 1. The highest BCUT2D eigenvalue weighted by Crippen LogP contribution is 2.31. The molecule has 5 nitrogen and oxygen atoms in total. The molecule has 2 aromatic heterocycles. The molecule has 3 heterocycles. The van der Waals surface area contributed by atoms with E-state index in [1.165, 1.54) is 0 Å². The van der Waals surface area contributed by atoms with Crippen LogP contribution in [0.2, 0.25) is 0 Å². The maximum Gasteiger partial charge on any atom is 0.310 e. The van der Waals surface area contributed by atoms with E-state index in [0.29, 0.717) is 19.5 Å². The Labute approximate surface area is 114 Å². The number of aliphatic carboxylic acids is 1. The van der Waals surface area contributed by atoms with Crippen LogP contribution < -0.4 is 0 Å². The minimum absolute atomic E-state index is 0.589. The van der Waals surface area contributed by atoms with Gasteiger partial charge in [-0.1, -0.05) is 11.3 Å². The summed E-state index contributed by atoms with van der Waals surface area (Å²) in [6, 6.07) is 3.83. The summed E-state index contributed by atoms with van der Waals surface area (Å²) in [7, 11) is 0. The van der Waals surface area contributed by atoms with Crippen LogP contribution in [0.15, 0.2) is 18.3 Å². The van der Waals surface area contributed by atoms with Crippen LogP contribution in [0, 0.1) is 5.41 Å². The lowest BCUT2D eigenvalue weighted by Gasteiger charge is -2.19. The summed E-state index contributed by atoms with van der Waals surface area (Å²) in [5, 5.41) is 10.2. The summed E-state index contributed by atoms with van der Waals surface area (Å²) in [5.74, 6) is -0.707. The van der Waals surface area contributed by atoms with Gasteiger partial charge < -0.3 is 5.11 Å². The molecule has 1 aliphatic rings. The molecule has 0 radical (unpaired) electrons. The van der Waals surface area contributed by atoms with Crippen LogP contribution in [0.1, 0.15) is 18.4 Å². The van der Waals surface area contributed by atoms with Gasteiger partial charge in [0.1, 0.15) is 15.4 Å². The number of hydrogen-bond donors (Lipinski definition) is 1. The first kappa shape index (κ1) is 12.5.